The molecule has 2 aliphatic heterocycles. The van der Waals surface area contributed by atoms with E-state index in [4.69, 9.17) is 4.42 Å². The van der Waals surface area contributed by atoms with Gasteiger partial charge in [0.15, 0.2) is 0 Å². The van der Waals surface area contributed by atoms with Crippen molar-refractivity contribution in [3.63, 3.8) is 0 Å². The van der Waals surface area contributed by atoms with Crippen molar-refractivity contribution in [3.05, 3.63) is 53.5 Å². The summed E-state index contributed by atoms with van der Waals surface area (Å²) in [5.41, 5.74) is 1.95. The lowest BCUT2D eigenvalue weighted by atomic mass is 9.68. The molecule has 1 aromatic heterocycles. The summed E-state index contributed by atoms with van der Waals surface area (Å²) in [4.78, 5) is 29.2. The molecule has 204 valence electrons. The molecule has 6 rings (SSSR count). The van der Waals surface area contributed by atoms with Gasteiger partial charge in [-0.25, -0.2) is 0 Å². The summed E-state index contributed by atoms with van der Waals surface area (Å²) in [5, 5.41) is 13.9. The summed E-state index contributed by atoms with van der Waals surface area (Å²) in [7, 11) is 0. The number of carbonyl (C=O) groups excluding carboxylic acids is 2. The highest BCUT2D eigenvalue weighted by atomic mass is 16.3. The fraction of sp³-hybridized carbons (Fsp3) is 0.613. The van der Waals surface area contributed by atoms with E-state index in [0.29, 0.717) is 44.6 Å². The Bertz CT molecular complexity index is 1130. The first-order chi connectivity index (χ1) is 18.5. The van der Waals surface area contributed by atoms with E-state index in [1.165, 1.54) is 63.4 Å². The third-order valence-corrected chi connectivity index (χ3v) is 9.42. The molecule has 2 amide bonds. The zero-order valence-electron chi connectivity index (χ0n) is 22.4. The second kappa shape index (κ2) is 10.4. The number of nitrogens with one attached hydrogen (secondary N) is 1. The van der Waals surface area contributed by atoms with E-state index in [-0.39, 0.29) is 23.3 Å². The van der Waals surface area contributed by atoms with Crippen molar-refractivity contribution < 1.29 is 19.1 Å². The molecule has 7 nitrogen and oxygen atoms in total. The number of anilines is 1. The molecule has 3 fully saturated rings. The van der Waals surface area contributed by atoms with Crippen LogP contribution in [0.25, 0.3) is 0 Å². The Morgan fingerprint density at radius 2 is 1.42 bits per heavy atom. The monoisotopic (exact) mass is 519 g/mol. The Kier molecular flexibility index (Phi) is 6.97. The number of hydrogen-bond donors (Lipinski definition) is 2. The molecule has 1 unspecified atom stereocenters. The highest BCUT2D eigenvalue weighted by Crippen LogP contribution is 2.51. The minimum atomic E-state index is -1.14. The number of benzene rings is 1. The van der Waals surface area contributed by atoms with E-state index in [0.717, 1.165) is 17.9 Å². The standard InChI is InChI=1S/C31H41N3O4/c35-28(33-17-19-34(20-18-33)29(36)31(37)15-16-31)24-10-8-23(9-11-24)26-22-30(27-25(32-26)12-21-38-27)13-6-4-2-1-3-5-7-14-30/h8-12,21,26,32,37H,1-7,13-20,22H2. The predicted octanol–water partition coefficient (Wildman–Crippen LogP) is 5.41. The quantitative estimate of drug-likeness (QED) is 0.567. The van der Waals surface area contributed by atoms with Crippen molar-refractivity contribution in [3.8, 4) is 0 Å². The summed E-state index contributed by atoms with van der Waals surface area (Å²) in [6, 6.07) is 10.4. The molecule has 4 aliphatic rings. The van der Waals surface area contributed by atoms with Crippen LogP contribution in [0.4, 0.5) is 5.69 Å². The summed E-state index contributed by atoms with van der Waals surface area (Å²) < 4.78 is 6.11. The van der Waals surface area contributed by atoms with Crippen LogP contribution in [-0.2, 0) is 10.2 Å². The van der Waals surface area contributed by atoms with E-state index in [1.807, 2.05) is 23.3 Å². The SMILES string of the molecule is O=C(c1ccc(C2CC3(CCCCCCCCC3)c3occc3N2)cc1)N1CCN(C(=O)C2(O)CC2)CC1. The van der Waals surface area contributed by atoms with Gasteiger partial charge in [-0.3, -0.25) is 9.59 Å². The largest absolute Gasteiger partial charge is 0.467 e. The number of carbonyl (C=O) groups is 2. The highest BCUT2D eigenvalue weighted by molar-refractivity contribution is 5.94. The minimum Gasteiger partial charge on any atom is -0.467 e. The summed E-state index contributed by atoms with van der Waals surface area (Å²) in [5.74, 6) is 0.974. The number of nitrogens with zero attached hydrogens (tertiary/aromatic N) is 2. The van der Waals surface area contributed by atoms with Gasteiger partial charge in [-0.15, -0.1) is 0 Å². The van der Waals surface area contributed by atoms with Gasteiger partial charge in [0.2, 0.25) is 0 Å². The predicted molar refractivity (Wildman–Crippen MR) is 146 cm³/mol. The number of fused-ring (bicyclic) bond motifs is 2. The van der Waals surface area contributed by atoms with E-state index in [1.54, 1.807) is 4.90 Å². The number of amides is 2. The van der Waals surface area contributed by atoms with Gasteiger partial charge in [-0.2, -0.15) is 0 Å². The second-order valence-corrected chi connectivity index (χ2v) is 12.1. The lowest BCUT2D eigenvalue weighted by Crippen LogP contribution is -2.53. The van der Waals surface area contributed by atoms with Crippen molar-refractivity contribution >= 4 is 17.5 Å². The fourth-order valence-electron chi connectivity index (χ4n) is 6.90. The average Bonchev–Trinajstić information content (AvgIpc) is 3.52. The van der Waals surface area contributed by atoms with E-state index < -0.39 is 5.60 Å². The number of furan rings is 1. The summed E-state index contributed by atoms with van der Waals surface area (Å²) in [6.45, 7) is 1.95. The van der Waals surface area contributed by atoms with E-state index in [2.05, 4.69) is 23.5 Å². The Labute approximate surface area is 225 Å². The van der Waals surface area contributed by atoms with Crippen LogP contribution in [-0.4, -0.2) is 58.5 Å². The van der Waals surface area contributed by atoms with Gasteiger partial charge < -0.3 is 24.6 Å². The van der Waals surface area contributed by atoms with Gasteiger partial charge in [0.25, 0.3) is 11.8 Å². The van der Waals surface area contributed by atoms with Crippen molar-refractivity contribution in [2.75, 3.05) is 31.5 Å². The second-order valence-electron chi connectivity index (χ2n) is 12.1. The average molecular weight is 520 g/mol. The maximum absolute atomic E-state index is 13.2. The van der Waals surface area contributed by atoms with Crippen LogP contribution >= 0.6 is 0 Å². The van der Waals surface area contributed by atoms with Gasteiger partial charge in [-0.05, 0) is 55.9 Å². The Balaban J connectivity index is 1.13. The number of piperazine rings is 1. The Morgan fingerprint density at radius 3 is 2.05 bits per heavy atom. The highest BCUT2D eigenvalue weighted by Gasteiger charge is 2.50. The Hall–Kier alpha value is -2.80. The minimum absolute atomic E-state index is 0.00584. The summed E-state index contributed by atoms with van der Waals surface area (Å²) in [6.07, 6.45) is 15.4. The molecule has 1 spiro atoms. The van der Waals surface area contributed by atoms with Crippen LogP contribution in [0.2, 0.25) is 0 Å². The number of aliphatic hydroxyl groups is 1. The molecule has 0 radical (unpaired) electrons. The molecule has 1 aromatic carbocycles. The molecular formula is C31H41N3O4. The molecule has 2 N–H and O–H groups in total. The lowest BCUT2D eigenvalue weighted by molar-refractivity contribution is -0.143. The molecule has 1 saturated heterocycles. The summed E-state index contributed by atoms with van der Waals surface area (Å²) >= 11 is 0. The van der Waals surface area contributed by atoms with Crippen molar-refractivity contribution in [2.24, 2.45) is 0 Å². The number of rotatable bonds is 3. The smallest absolute Gasteiger partial charge is 0.254 e. The molecule has 7 heteroatoms. The van der Waals surface area contributed by atoms with Crippen molar-refractivity contribution in [1.29, 1.82) is 0 Å². The van der Waals surface area contributed by atoms with Crippen LogP contribution in [0.15, 0.2) is 41.0 Å². The van der Waals surface area contributed by atoms with Gasteiger partial charge in [0.1, 0.15) is 11.4 Å². The van der Waals surface area contributed by atoms with Gasteiger partial charge >= 0.3 is 0 Å². The van der Waals surface area contributed by atoms with E-state index >= 15 is 0 Å². The molecule has 2 aliphatic carbocycles. The van der Waals surface area contributed by atoms with Crippen LogP contribution in [0.3, 0.4) is 0 Å². The molecule has 1 atom stereocenters. The van der Waals surface area contributed by atoms with Crippen molar-refractivity contribution in [1.82, 2.24) is 9.80 Å². The lowest BCUT2D eigenvalue weighted by Gasteiger charge is -2.41. The number of hydrogen-bond acceptors (Lipinski definition) is 5. The molecule has 0 bridgehead atoms. The zero-order chi connectivity index (χ0) is 26.2. The van der Waals surface area contributed by atoms with Crippen LogP contribution in [0.1, 0.15) is 105 Å². The normalized spacial score (nSPS) is 24.8. The maximum atomic E-state index is 13.2. The first-order valence-corrected chi connectivity index (χ1v) is 14.7. The molecule has 2 aromatic rings. The first-order valence-electron chi connectivity index (χ1n) is 14.7. The van der Waals surface area contributed by atoms with Crippen LogP contribution < -0.4 is 5.32 Å². The van der Waals surface area contributed by atoms with Gasteiger partial charge in [0.05, 0.1) is 18.0 Å². The third kappa shape index (κ3) is 4.97. The topological polar surface area (TPSA) is 86.0 Å². The van der Waals surface area contributed by atoms with Gasteiger partial charge in [0, 0.05) is 37.2 Å². The zero-order valence-corrected chi connectivity index (χ0v) is 22.4. The van der Waals surface area contributed by atoms with Crippen molar-refractivity contribution in [2.45, 2.75) is 94.1 Å². The molecule has 38 heavy (non-hydrogen) atoms. The van der Waals surface area contributed by atoms with Crippen LogP contribution in [0, 0.1) is 0 Å². The maximum Gasteiger partial charge on any atom is 0.254 e. The fourth-order valence-corrected chi connectivity index (χ4v) is 6.90. The Morgan fingerprint density at radius 1 is 0.816 bits per heavy atom. The third-order valence-electron chi connectivity index (χ3n) is 9.42. The van der Waals surface area contributed by atoms with Gasteiger partial charge in [-0.1, -0.05) is 57.1 Å². The molecule has 2 saturated carbocycles. The van der Waals surface area contributed by atoms with Crippen LogP contribution in [0.5, 0.6) is 0 Å². The van der Waals surface area contributed by atoms with E-state index in [9.17, 15) is 14.7 Å². The molecule has 3 heterocycles. The first kappa shape index (κ1) is 25.5. The molecular weight excluding hydrogens is 478 g/mol.